The van der Waals surface area contributed by atoms with E-state index < -0.39 is 5.60 Å². The number of fused-ring (bicyclic) bond motifs is 5. The number of carbonyl (C=O) groups excluding carboxylic acids is 1. The van der Waals surface area contributed by atoms with Crippen LogP contribution in [-0.2, 0) is 4.74 Å². The Morgan fingerprint density at radius 3 is 2.44 bits per heavy atom. The molecule has 39 heavy (non-hydrogen) atoms. The Morgan fingerprint density at radius 1 is 1.00 bits per heavy atom. The third-order valence-corrected chi connectivity index (χ3v) is 12.5. The van der Waals surface area contributed by atoms with Gasteiger partial charge >= 0.3 is 5.97 Å². The Balaban J connectivity index is 1.35. The predicted molar refractivity (Wildman–Crippen MR) is 159 cm³/mol. The summed E-state index contributed by atoms with van der Waals surface area (Å²) in [5, 5.41) is 11.1. The smallest absolute Gasteiger partial charge is 0.338 e. The van der Waals surface area contributed by atoms with Crippen molar-refractivity contribution in [2.45, 2.75) is 124 Å². The zero-order valence-corrected chi connectivity index (χ0v) is 25.5. The van der Waals surface area contributed by atoms with Crippen LogP contribution >= 0.6 is 0 Å². The number of aliphatic hydroxyl groups is 1. The summed E-state index contributed by atoms with van der Waals surface area (Å²) in [6.45, 7) is 14.2. The molecule has 0 bridgehead atoms. The largest absolute Gasteiger partial charge is 0.458 e. The lowest BCUT2D eigenvalue weighted by molar-refractivity contribution is -0.0833. The van der Waals surface area contributed by atoms with Crippen molar-refractivity contribution in [2.24, 2.45) is 46.3 Å². The highest BCUT2D eigenvalue weighted by Gasteiger charge is 2.60. The molecule has 1 unspecified atom stereocenters. The average Bonchev–Trinajstić information content (AvgIpc) is 3.28. The maximum atomic E-state index is 13.2. The van der Waals surface area contributed by atoms with E-state index in [1.54, 1.807) is 5.57 Å². The molecule has 1 aromatic carbocycles. The molecule has 0 spiro atoms. The number of ether oxygens (including phenoxy) is 1. The minimum absolute atomic E-state index is 0.0289. The average molecular weight is 535 g/mol. The third-order valence-electron chi connectivity index (χ3n) is 12.5. The van der Waals surface area contributed by atoms with E-state index in [4.69, 9.17) is 4.74 Å². The lowest BCUT2D eigenvalue weighted by atomic mass is 9.46. The Hall–Kier alpha value is -1.61. The number of benzene rings is 1. The van der Waals surface area contributed by atoms with Gasteiger partial charge in [-0.05, 0) is 129 Å². The third kappa shape index (κ3) is 5.27. The summed E-state index contributed by atoms with van der Waals surface area (Å²) in [4.78, 5) is 13.2. The molecule has 1 N–H and O–H groups in total. The topological polar surface area (TPSA) is 46.5 Å². The highest BCUT2D eigenvalue weighted by Crippen LogP contribution is 2.68. The number of rotatable bonds is 8. The summed E-state index contributed by atoms with van der Waals surface area (Å²) in [6.07, 6.45) is 14.8. The van der Waals surface area contributed by atoms with E-state index in [-0.39, 0.29) is 17.5 Å². The van der Waals surface area contributed by atoms with Crippen LogP contribution in [0.5, 0.6) is 0 Å². The van der Waals surface area contributed by atoms with Crippen molar-refractivity contribution in [3.05, 3.63) is 47.5 Å². The molecule has 5 rings (SSSR count). The highest BCUT2D eigenvalue weighted by molar-refractivity contribution is 5.89. The molecule has 0 heterocycles. The van der Waals surface area contributed by atoms with Crippen molar-refractivity contribution in [3.63, 3.8) is 0 Å². The maximum absolute atomic E-state index is 13.2. The lowest BCUT2D eigenvalue weighted by Gasteiger charge is -2.59. The monoisotopic (exact) mass is 534 g/mol. The molecule has 0 radical (unpaired) electrons. The van der Waals surface area contributed by atoms with Gasteiger partial charge in [0, 0.05) is 0 Å². The van der Waals surface area contributed by atoms with Crippen LogP contribution in [0.4, 0.5) is 0 Å². The SMILES string of the molecule is CC[C@]1(O)CC[C@@]2(C)C(=CC[C@@H]3C2CC[C@]2(C)[C@@H]([C@H](C)[C@@H](CCC(C)C)OC(=O)c4ccccc4)CC[C@@H]32)C1. The minimum atomic E-state index is -0.489. The van der Waals surface area contributed by atoms with Gasteiger partial charge in [-0.3, -0.25) is 0 Å². The normalized spacial score (nSPS) is 39.2. The Morgan fingerprint density at radius 2 is 1.74 bits per heavy atom. The molecule has 0 aliphatic heterocycles. The van der Waals surface area contributed by atoms with Crippen LogP contribution in [0, 0.1) is 46.3 Å². The van der Waals surface area contributed by atoms with E-state index in [0.29, 0.717) is 28.7 Å². The van der Waals surface area contributed by atoms with Crippen LogP contribution in [-0.4, -0.2) is 22.8 Å². The molecule has 0 saturated heterocycles. The summed E-state index contributed by atoms with van der Waals surface area (Å²) >= 11 is 0. The van der Waals surface area contributed by atoms with Gasteiger partial charge in [0.05, 0.1) is 11.2 Å². The fraction of sp³-hybridized carbons (Fsp3) is 0.750. The molecular weight excluding hydrogens is 480 g/mol. The number of esters is 1. The second-order valence-corrected chi connectivity index (χ2v) is 14.9. The van der Waals surface area contributed by atoms with Gasteiger partial charge < -0.3 is 9.84 Å². The molecule has 3 saturated carbocycles. The first kappa shape index (κ1) is 28.9. The zero-order chi connectivity index (χ0) is 28.0. The van der Waals surface area contributed by atoms with Crippen molar-refractivity contribution >= 4 is 5.97 Å². The maximum Gasteiger partial charge on any atom is 0.338 e. The fourth-order valence-electron chi connectivity index (χ4n) is 9.88. The number of carbonyl (C=O) groups is 1. The molecule has 3 nitrogen and oxygen atoms in total. The van der Waals surface area contributed by atoms with Gasteiger partial charge in [-0.25, -0.2) is 4.79 Å². The first-order chi connectivity index (χ1) is 18.5. The van der Waals surface area contributed by atoms with E-state index in [0.717, 1.165) is 56.3 Å². The molecule has 216 valence electrons. The van der Waals surface area contributed by atoms with Gasteiger partial charge in [-0.1, -0.05) is 71.4 Å². The minimum Gasteiger partial charge on any atom is -0.458 e. The second-order valence-electron chi connectivity index (χ2n) is 14.9. The molecular formula is C36H54O3. The van der Waals surface area contributed by atoms with Crippen LogP contribution < -0.4 is 0 Å². The molecule has 4 aliphatic carbocycles. The van der Waals surface area contributed by atoms with Gasteiger partial charge in [-0.2, -0.15) is 0 Å². The summed E-state index contributed by atoms with van der Waals surface area (Å²) in [7, 11) is 0. The van der Waals surface area contributed by atoms with E-state index in [1.165, 1.54) is 32.1 Å². The molecule has 3 fully saturated rings. The number of hydrogen-bond acceptors (Lipinski definition) is 3. The Labute approximate surface area is 238 Å². The van der Waals surface area contributed by atoms with Crippen LogP contribution in [0.25, 0.3) is 0 Å². The van der Waals surface area contributed by atoms with E-state index >= 15 is 0 Å². The van der Waals surface area contributed by atoms with Crippen LogP contribution in [0.1, 0.15) is 123 Å². The van der Waals surface area contributed by atoms with Crippen LogP contribution in [0.15, 0.2) is 42.0 Å². The van der Waals surface area contributed by atoms with Crippen molar-refractivity contribution in [2.75, 3.05) is 0 Å². The van der Waals surface area contributed by atoms with Crippen molar-refractivity contribution in [1.29, 1.82) is 0 Å². The van der Waals surface area contributed by atoms with Gasteiger partial charge in [0.25, 0.3) is 0 Å². The number of allylic oxidation sites excluding steroid dienone is 1. The van der Waals surface area contributed by atoms with Crippen molar-refractivity contribution < 1.29 is 14.6 Å². The summed E-state index contributed by atoms with van der Waals surface area (Å²) < 4.78 is 6.34. The quantitative estimate of drug-likeness (QED) is 0.267. The van der Waals surface area contributed by atoms with Crippen molar-refractivity contribution in [3.8, 4) is 0 Å². The second kappa shape index (κ2) is 11.0. The molecule has 1 aromatic rings. The van der Waals surface area contributed by atoms with E-state index in [9.17, 15) is 9.90 Å². The first-order valence-electron chi connectivity index (χ1n) is 16.2. The van der Waals surface area contributed by atoms with E-state index in [1.807, 2.05) is 30.3 Å². The van der Waals surface area contributed by atoms with Crippen LogP contribution in [0.2, 0.25) is 0 Å². The Bertz CT molecular complexity index is 1040. The predicted octanol–water partition coefficient (Wildman–Crippen LogP) is 9.00. The standard InChI is InChI=1S/C36H54O3/c1-7-36(38)22-21-34(5)27(23-36)14-15-28-30-17-16-29(35(30,6)20-19-31(28)34)25(4)32(18-13-24(2)3)39-33(37)26-11-9-8-10-12-26/h8-12,14,24-25,28-32,38H,7,13,15-23H2,1-6H3/t25-,28-,29+,30-,31?,32+,34-,35+,36-/m0/s1. The van der Waals surface area contributed by atoms with Crippen molar-refractivity contribution in [1.82, 2.24) is 0 Å². The Kier molecular flexibility index (Phi) is 8.15. The molecule has 3 heteroatoms. The fourth-order valence-corrected chi connectivity index (χ4v) is 9.88. The highest BCUT2D eigenvalue weighted by atomic mass is 16.5. The summed E-state index contributed by atoms with van der Waals surface area (Å²) in [5.41, 5.74) is 2.32. The van der Waals surface area contributed by atoms with Gasteiger partial charge in [0.1, 0.15) is 6.10 Å². The zero-order valence-electron chi connectivity index (χ0n) is 25.5. The van der Waals surface area contributed by atoms with Gasteiger partial charge in [0.2, 0.25) is 0 Å². The number of hydrogen-bond donors (Lipinski definition) is 1. The molecule has 9 atom stereocenters. The molecule has 0 aromatic heterocycles. The van der Waals surface area contributed by atoms with Gasteiger partial charge in [-0.15, -0.1) is 0 Å². The lowest BCUT2D eigenvalue weighted by Crippen LogP contribution is -2.52. The van der Waals surface area contributed by atoms with E-state index in [2.05, 4.69) is 47.6 Å². The first-order valence-corrected chi connectivity index (χ1v) is 16.2. The summed E-state index contributed by atoms with van der Waals surface area (Å²) in [5.74, 6) is 3.65. The van der Waals surface area contributed by atoms with Gasteiger partial charge in [0.15, 0.2) is 0 Å². The summed E-state index contributed by atoms with van der Waals surface area (Å²) in [6, 6.07) is 9.54. The van der Waals surface area contributed by atoms with Crippen LogP contribution in [0.3, 0.4) is 0 Å². The molecule has 0 amide bonds. The molecule has 4 aliphatic rings.